The fraction of sp³-hybridized carbons (Fsp3) is 1.00. The largest absolute Gasteiger partial charge is 0.327 e. The first-order valence-corrected chi connectivity index (χ1v) is 6.37. The molecule has 3 atom stereocenters. The molecule has 0 saturated heterocycles. The van der Waals surface area contributed by atoms with Crippen LogP contribution in [0.2, 0.25) is 0 Å². The van der Waals surface area contributed by atoms with E-state index in [0.717, 1.165) is 0 Å². The molecule has 0 fully saturated rings. The van der Waals surface area contributed by atoms with Gasteiger partial charge in [-0.2, -0.15) is 0 Å². The first-order valence-electron chi connectivity index (χ1n) is 4.99. The minimum absolute atomic E-state index is 0.0713. The van der Waals surface area contributed by atoms with E-state index in [1.54, 1.807) is 0 Å². The predicted molar refractivity (Wildman–Crippen MR) is 60.1 cm³/mol. The van der Waals surface area contributed by atoms with E-state index >= 15 is 0 Å². The molecule has 0 spiro atoms. The van der Waals surface area contributed by atoms with Gasteiger partial charge in [0.25, 0.3) is 0 Å². The molecule has 2 nitrogen and oxygen atoms in total. The second-order valence-electron chi connectivity index (χ2n) is 4.40. The Morgan fingerprint density at radius 3 is 1.85 bits per heavy atom. The number of hydrogen-bond acceptors (Lipinski definition) is 2. The van der Waals surface area contributed by atoms with Gasteiger partial charge in [-0.15, -0.1) is 0 Å². The topological polar surface area (TPSA) is 43.1 Å². The number of rotatable bonds is 5. The lowest BCUT2D eigenvalue weighted by Gasteiger charge is -2.20. The van der Waals surface area contributed by atoms with Crippen molar-refractivity contribution < 1.29 is 4.21 Å². The monoisotopic (exact) mass is 205 g/mol. The van der Waals surface area contributed by atoms with Crippen molar-refractivity contribution in [2.24, 2.45) is 17.6 Å². The molecular formula is C10H23NOS. The Labute approximate surface area is 84.7 Å². The lowest BCUT2D eigenvalue weighted by Crippen LogP contribution is -2.35. The third kappa shape index (κ3) is 4.77. The summed E-state index contributed by atoms with van der Waals surface area (Å²) >= 11 is 0. The molecule has 0 aliphatic rings. The van der Waals surface area contributed by atoms with Crippen LogP contribution >= 0.6 is 0 Å². The maximum Gasteiger partial charge on any atom is 0.0391 e. The number of hydrogen-bond donors (Lipinski definition) is 1. The lowest BCUT2D eigenvalue weighted by molar-refractivity contribution is 0.524. The van der Waals surface area contributed by atoms with E-state index in [0.29, 0.717) is 17.6 Å². The van der Waals surface area contributed by atoms with E-state index in [2.05, 4.69) is 27.7 Å². The zero-order valence-electron chi connectivity index (χ0n) is 9.41. The highest BCUT2D eigenvalue weighted by atomic mass is 32.2. The summed E-state index contributed by atoms with van der Waals surface area (Å²) < 4.78 is 11.7. The van der Waals surface area contributed by atoms with Crippen LogP contribution in [-0.2, 0) is 10.8 Å². The van der Waals surface area contributed by atoms with Gasteiger partial charge in [0.05, 0.1) is 0 Å². The van der Waals surface area contributed by atoms with Crippen LogP contribution in [0.25, 0.3) is 0 Å². The summed E-state index contributed by atoms with van der Waals surface area (Å²) in [4.78, 5) is 0. The molecule has 3 unspecified atom stereocenters. The summed E-state index contributed by atoms with van der Waals surface area (Å²) in [7, 11) is -0.771. The van der Waals surface area contributed by atoms with Crippen molar-refractivity contribution in [2.75, 3.05) is 5.75 Å². The molecule has 0 heterocycles. The van der Waals surface area contributed by atoms with E-state index in [1.165, 1.54) is 0 Å². The van der Waals surface area contributed by atoms with E-state index in [-0.39, 0.29) is 11.3 Å². The van der Waals surface area contributed by atoms with Crippen LogP contribution < -0.4 is 5.73 Å². The summed E-state index contributed by atoms with van der Waals surface area (Å²) in [6.45, 7) is 10.4. The molecule has 0 radical (unpaired) electrons. The fourth-order valence-electron chi connectivity index (χ4n) is 0.837. The summed E-state index contributed by atoms with van der Waals surface area (Å²) in [6.07, 6.45) is 0. The van der Waals surface area contributed by atoms with E-state index < -0.39 is 10.8 Å². The highest BCUT2D eigenvalue weighted by Crippen LogP contribution is 2.11. The van der Waals surface area contributed by atoms with Crippen LogP contribution in [0.3, 0.4) is 0 Å². The Morgan fingerprint density at radius 1 is 1.08 bits per heavy atom. The second-order valence-corrected chi connectivity index (χ2v) is 6.24. The Kier molecular flexibility index (Phi) is 5.81. The molecular weight excluding hydrogens is 182 g/mol. The molecule has 0 aromatic heterocycles. The Bertz CT molecular complexity index is 168. The smallest absolute Gasteiger partial charge is 0.0391 e. The van der Waals surface area contributed by atoms with Gasteiger partial charge in [-0.05, 0) is 11.8 Å². The van der Waals surface area contributed by atoms with Crippen molar-refractivity contribution in [3.8, 4) is 0 Å². The molecule has 80 valence electrons. The molecule has 0 aromatic carbocycles. The highest BCUT2D eigenvalue weighted by Gasteiger charge is 2.19. The van der Waals surface area contributed by atoms with Gasteiger partial charge >= 0.3 is 0 Å². The standard InChI is InChI=1S/C10H23NOS/c1-7(2)9(5)13(12)6-10(11)8(3)4/h7-10H,6,11H2,1-5H3. The minimum Gasteiger partial charge on any atom is -0.327 e. The molecule has 0 aliphatic carbocycles. The summed E-state index contributed by atoms with van der Waals surface area (Å²) in [5.74, 6) is 1.53. The summed E-state index contributed by atoms with van der Waals surface area (Å²) in [5.41, 5.74) is 5.86. The third-order valence-electron chi connectivity index (χ3n) is 2.57. The maximum absolute atomic E-state index is 11.7. The Hall–Kier alpha value is 0.110. The van der Waals surface area contributed by atoms with Crippen molar-refractivity contribution >= 4 is 10.8 Å². The van der Waals surface area contributed by atoms with Crippen LogP contribution in [0, 0.1) is 11.8 Å². The summed E-state index contributed by atoms with van der Waals surface area (Å²) in [6, 6.07) is 0.0713. The second kappa shape index (κ2) is 5.76. The Morgan fingerprint density at radius 2 is 1.54 bits per heavy atom. The van der Waals surface area contributed by atoms with Gasteiger partial charge in [0, 0.05) is 27.8 Å². The van der Waals surface area contributed by atoms with Crippen LogP contribution in [0.5, 0.6) is 0 Å². The van der Waals surface area contributed by atoms with Crippen LogP contribution in [0.15, 0.2) is 0 Å². The lowest BCUT2D eigenvalue weighted by atomic mass is 10.1. The van der Waals surface area contributed by atoms with Gasteiger partial charge in [-0.1, -0.05) is 34.6 Å². The average Bonchev–Trinajstić information content (AvgIpc) is 2.02. The van der Waals surface area contributed by atoms with Crippen molar-refractivity contribution in [2.45, 2.75) is 45.9 Å². The SMILES string of the molecule is CC(C)C(N)CS(=O)C(C)C(C)C. The quantitative estimate of drug-likeness (QED) is 0.743. The molecule has 0 saturated carbocycles. The van der Waals surface area contributed by atoms with Crippen molar-refractivity contribution in [1.82, 2.24) is 0 Å². The molecule has 0 amide bonds. The molecule has 3 heteroatoms. The molecule has 13 heavy (non-hydrogen) atoms. The molecule has 0 bridgehead atoms. The zero-order valence-corrected chi connectivity index (χ0v) is 10.2. The average molecular weight is 205 g/mol. The minimum atomic E-state index is -0.771. The number of nitrogens with two attached hydrogens (primary N) is 1. The van der Waals surface area contributed by atoms with Gasteiger partial charge in [0.2, 0.25) is 0 Å². The normalized spacial score (nSPS) is 19.1. The molecule has 0 aromatic rings. The summed E-state index contributed by atoms with van der Waals surface area (Å²) in [5, 5.41) is 0.254. The van der Waals surface area contributed by atoms with Crippen molar-refractivity contribution in [1.29, 1.82) is 0 Å². The Balaban J connectivity index is 4.00. The van der Waals surface area contributed by atoms with Crippen molar-refractivity contribution in [3.05, 3.63) is 0 Å². The van der Waals surface area contributed by atoms with E-state index in [9.17, 15) is 4.21 Å². The maximum atomic E-state index is 11.7. The van der Waals surface area contributed by atoms with Crippen LogP contribution in [0.1, 0.15) is 34.6 Å². The highest BCUT2D eigenvalue weighted by molar-refractivity contribution is 7.85. The van der Waals surface area contributed by atoms with Crippen molar-refractivity contribution in [3.63, 3.8) is 0 Å². The molecule has 0 aliphatic heterocycles. The van der Waals surface area contributed by atoms with Crippen LogP contribution in [0.4, 0.5) is 0 Å². The van der Waals surface area contributed by atoms with Gasteiger partial charge in [-0.25, -0.2) is 0 Å². The van der Waals surface area contributed by atoms with E-state index in [1.807, 2.05) is 6.92 Å². The third-order valence-corrected chi connectivity index (χ3v) is 4.65. The van der Waals surface area contributed by atoms with Gasteiger partial charge in [-0.3, -0.25) is 4.21 Å². The van der Waals surface area contributed by atoms with Crippen LogP contribution in [-0.4, -0.2) is 21.3 Å². The molecule has 0 rings (SSSR count). The van der Waals surface area contributed by atoms with Gasteiger partial charge in [0.15, 0.2) is 0 Å². The first-order chi connectivity index (χ1) is 5.86. The van der Waals surface area contributed by atoms with Gasteiger partial charge in [0.1, 0.15) is 0 Å². The van der Waals surface area contributed by atoms with Gasteiger partial charge < -0.3 is 5.73 Å². The van der Waals surface area contributed by atoms with E-state index in [4.69, 9.17) is 5.73 Å². The first kappa shape index (κ1) is 13.1. The predicted octanol–water partition coefficient (Wildman–Crippen LogP) is 1.76. The fourth-order valence-corrected chi connectivity index (χ4v) is 2.51. The molecule has 2 N–H and O–H groups in total. The zero-order chi connectivity index (χ0) is 10.6.